The fourth-order valence-electron chi connectivity index (χ4n) is 8.42. The molecule has 0 fully saturated rings. The van der Waals surface area contributed by atoms with Crippen LogP contribution in [0.4, 0.5) is 22.7 Å². The molecule has 0 saturated heterocycles. The van der Waals surface area contributed by atoms with Gasteiger partial charge in [0.15, 0.2) is 0 Å². The van der Waals surface area contributed by atoms with E-state index in [1.54, 1.807) is 0 Å². The molecule has 3 heterocycles. The minimum atomic E-state index is 0.0451. The van der Waals surface area contributed by atoms with Gasteiger partial charge in [0.05, 0.1) is 17.1 Å². The third-order valence-electron chi connectivity index (χ3n) is 10.2. The van der Waals surface area contributed by atoms with Crippen molar-refractivity contribution in [3.05, 3.63) is 121 Å². The van der Waals surface area contributed by atoms with E-state index in [4.69, 9.17) is 4.42 Å². The topological polar surface area (TPSA) is 19.6 Å². The van der Waals surface area contributed by atoms with Crippen LogP contribution in [0.2, 0.25) is 0 Å². The molecule has 6 aromatic rings. The third kappa shape index (κ3) is 3.28. The highest BCUT2D eigenvalue weighted by Gasteiger charge is 2.56. The van der Waals surface area contributed by atoms with Gasteiger partial charge in [-0.2, -0.15) is 0 Å². The number of para-hydroxylation sites is 4. The SMILES string of the molecule is CCC1c2ccccc2N2c3ccccc3N(c3ccc4oc5ccccc5c4c3-c3ccccc3)C2C1(CC)CC. The van der Waals surface area contributed by atoms with Crippen LogP contribution in [0.1, 0.15) is 51.5 Å². The normalized spacial score (nSPS) is 18.7. The van der Waals surface area contributed by atoms with Crippen LogP contribution in [0, 0.1) is 5.41 Å². The van der Waals surface area contributed by atoms with Gasteiger partial charge in [-0.25, -0.2) is 0 Å². The van der Waals surface area contributed by atoms with E-state index in [1.165, 1.54) is 44.8 Å². The molecule has 2 aliphatic heterocycles. The number of rotatable bonds is 5. The molecule has 2 atom stereocenters. The van der Waals surface area contributed by atoms with E-state index in [2.05, 4.69) is 146 Å². The smallest absolute Gasteiger partial charge is 0.136 e. The highest BCUT2D eigenvalue weighted by molar-refractivity contribution is 6.16. The molecule has 5 aromatic carbocycles. The van der Waals surface area contributed by atoms with Crippen molar-refractivity contribution >= 4 is 44.7 Å². The number of furan rings is 1. The van der Waals surface area contributed by atoms with Crippen LogP contribution in [0.25, 0.3) is 33.1 Å². The summed E-state index contributed by atoms with van der Waals surface area (Å²) in [6.45, 7) is 7.19. The van der Waals surface area contributed by atoms with Crippen molar-refractivity contribution in [1.82, 2.24) is 0 Å². The summed E-state index contributed by atoms with van der Waals surface area (Å²) in [6, 6.07) is 42.0. The molecular weight excluding hydrogens is 512 g/mol. The largest absolute Gasteiger partial charge is 0.456 e. The van der Waals surface area contributed by atoms with Crippen molar-refractivity contribution in [2.24, 2.45) is 5.41 Å². The van der Waals surface area contributed by atoms with E-state index < -0.39 is 0 Å². The van der Waals surface area contributed by atoms with Gasteiger partial charge in [-0.05, 0) is 72.7 Å². The molecule has 0 spiro atoms. The minimum absolute atomic E-state index is 0.0451. The van der Waals surface area contributed by atoms with Crippen LogP contribution in [-0.4, -0.2) is 6.17 Å². The van der Waals surface area contributed by atoms with Gasteiger partial charge in [0.1, 0.15) is 17.3 Å². The Kier molecular flexibility index (Phi) is 5.72. The lowest BCUT2D eigenvalue weighted by atomic mass is 9.62. The van der Waals surface area contributed by atoms with E-state index >= 15 is 0 Å². The molecule has 42 heavy (non-hydrogen) atoms. The predicted molar refractivity (Wildman–Crippen MR) is 176 cm³/mol. The molecule has 2 aliphatic rings. The number of fused-ring (bicyclic) bond motifs is 8. The molecule has 0 amide bonds. The third-order valence-corrected chi connectivity index (χ3v) is 10.2. The second-order valence-corrected chi connectivity index (χ2v) is 11.9. The lowest BCUT2D eigenvalue weighted by Crippen LogP contribution is -2.57. The quantitative estimate of drug-likeness (QED) is 0.214. The van der Waals surface area contributed by atoms with Gasteiger partial charge >= 0.3 is 0 Å². The summed E-state index contributed by atoms with van der Waals surface area (Å²) in [5.41, 5.74) is 11.0. The van der Waals surface area contributed by atoms with Crippen molar-refractivity contribution in [2.75, 3.05) is 9.80 Å². The van der Waals surface area contributed by atoms with E-state index in [0.29, 0.717) is 5.92 Å². The van der Waals surface area contributed by atoms with Gasteiger partial charge in [-0.15, -0.1) is 0 Å². The molecule has 2 unspecified atom stereocenters. The van der Waals surface area contributed by atoms with Crippen LogP contribution in [0.3, 0.4) is 0 Å². The maximum absolute atomic E-state index is 6.44. The Bertz CT molecular complexity index is 1930. The summed E-state index contributed by atoms with van der Waals surface area (Å²) >= 11 is 0. The average molecular weight is 549 g/mol. The first kappa shape index (κ1) is 25.2. The molecule has 0 bridgehead atoms. The zero-order valence-electron chi connectivity index (χ0n) is 24.5. The van der Waals surface area contributed by atoms with Gasteiger partial charge in [-0.1, -0.05) is 99.6 Å². The van der Waals surface area contributed by atoms with Gasteiger partial charge in [0.2, 0.25) is 0 Å². The summed E-state index contributed by atoms with van der Waals surface area (Å²) in [5, 5.41) is 2.35. The maximum Gasteiger partial charge on any atom is 0.136 e. The minimum Gasteiger partial charge on any atom is -0.456 e. The van der Waals surface area contributed by atoms with Crippen LogP contribution in [0.15, 0.2) is 120 Å². The zero-order chi connectivity index (χ0) is 28.4. The number of hydrogen-bond acceptors (Lipinski definition) is 3. The van der Waals surface area contributed by atoms with Crippen molar-refractivity contribution < 1.29 is 4.42 Å². The zero-order valence-corrected chi connectivity index (χ0v) is 24.5. The van der Waals surface area contributed by atoms with Crippen molar-refractivity contribution in [2.45, 2.75) is 52.1 Å². The summed E-state index contributed by atoms with van der Waals surface area (Å²) in [6.07, 6.45) is 3.45. The average Bonchev–Trinajstić information content (AvgIpc) is 3.60. The highest BCUT2D eigenvalue weighted by atomic mass is 16.3. The highest BCUT2D eigenvalue weighted by Crippen LogP contribution is 2.64. The first-order valence-electron chi connectivity index (χ1n) is 15.5. The van der Waals surface area contributed by atoms with Crippen LogP contribution in [0.5, 0.6) is 0 Å². The molecule has 0 saturated carbocycles. The van der Waals surface area contributed by atoms with Gasteiger partial charge < -0.3 is 14.2 Å². The molecule has 1 aromatic heterocycles. The van der Waals surface area contributed by atoms with Crippen LogP contribution < -0.4 is 9.80 Å². The lowest BCUT2D eigenvalue weighted by molar-refractivity contribution is 0.144. The predicted octanol–water partition coefficient (Wildman–Crippen LogP) is 11.2. The summed E-state index contributed by atoms with van der Waals surface area (Å²) < 4.78 is 6.44. The van der Waals surface area contributed by atoms with Gasteiger partial charge in [0.25, 0.3) is 0 Å². The molecule has 0 radical (unpaired) electrons. The van der Waals surface area contributed by atoms with Crippen molar-refractivity contribution in [1.29, 1.82) is 0 Å². The Morgan fingerprint density at radius 2 is 1.21 bits per heavy atom. The Labute approximate surface area is 248 Å². The Morgan fingerprint density at radius 1 is 0.595 bits per heavy atom. The molecule has 3 nitrogen and oxygen atoms in total. The fourth-order valence-corrected chi connectivity index (χ4v) is 8.42. The molecule has 8 rings (SSSR count). The fraction of sp³-hybridized carbons (Fsp3) is 0.231. The first-order chi connectivity index (χ1) is 20.7. The second-order valence-electron chi connectivity index (χ2n) is 11.9. The molecule has 0 aliphatic carbocycles. The number of anilines is 4. The van der Waals surface area contributed by atoms with Crippen LogP contribution in [-0.2, 0) is 0 Å². The maximum atomic E-state index is 6.44. The van der Waals surface area contributed by atoms with Gasteiger partial charge in [0, 0.05) is 27.4 Å². The van der Waals surface area contributed by atoms with E-state index in [9.17, 15) is 0 Å². The lowest BCUT2D eigenvalue weighted by Gasteiger charge is -2.55. The summed E-state index contributed by atoms with van der Waals surface area (Å²) in [4.78, 5) is 5.35. The summed E-state index contributed by atoms with van der Waals surface area (Å²) in [7, 11) is 0. The van der Waals surface area contributed by atoms with E-state index in [0.717, 1.165) is 35.8 Å². The monoisotopic (exact) mass is 548 g/mol. The Hall–Kier alpha value is -4.50. The Balaban J connectivity index is 1.50. The van der Waals surface area contributed by atoms with E-state index in [-0.39, 0.29) is 11.6 Å². The van der Waals surface area contributed by atoms with E-state index in [1.807, 2.05) is 0 Å². The molecule has 3 heteroatoms. The number of hydrogen-bond donors (Lipinski definition) is 0. The number of benzene rings is 5. The standard InChI is InChI=1S/C39H36N2O/c1-4-29-27-18-10-12-20-30(27)40-31-21-13-14-22-32(31)41(38(40)39(29,5-2)6-3)33-24-25-35-37(28-19-11-15-23-34(28)42-35)36(33)26-16-8-7-9-17-26/h7-25,29,38H,4-6H2,1-3H3. The van der Waals surface area contributed by atoms with Crippen LogP contribution >= 0.6 is 0 Å². The molecule has 208 valence electrons. The number of nitrogens with zero attached hydrogens (tertiary/aromatic N) is 2. The second kappa shape index (κ2) is 9.52. The Morgan fingerprint density at radius 3 is 1.93 bits per heavy atom. The van der Waals surface area contributed by atoms with Crippen molar-refractivity contribution in [3.8, 4) is 11.1 Å². The first-order valence-corrected chi connectivity index (χ1v) is 15.5. The van der Waals surface area contributed by atoms with Gasteiger partial charge in [-0.3, -0.25) is 0 Å². The molecule has 0 N–H and O–H groups in total. The summed E-state index contributed by atoms with van der Waals surface area (Å²) in [5.74, 6) is 0.459. The molecular formula is C39H36N2O. The van der Waals surface area contributed by atoms with Crippen molar-refractivity contribution in [3.63, 3.8) is 0 Å².